The summed E-state index contributed by atoms with van der Waals surface area (Å²) < 4.78 is 5.62. The van der Waals surface area contributed by atoms with Crippen LogP contribution in [0.1, 0.15) is 49.1 Å². The Morgan fingerprint density at radius 3 is 2.40 bits per heavy atom. The summed E-state index contributed by atoms with van der Waals surface area (Å²) in [5, 5.41) is 12.5. The van der Waals surface area contributed by atoms with Crippen LogP contribution in [-0.4, -0.2) is 53.2 Å². The number of benzene rings is 2. The van der Waals surface area contributed by atoms with Gasteiger partial charge in [0, 0.05) is 18.5 Å². The number of hydrogen-bond acceptors (Lipinski definition) is 4. The van der Waals surface area contributed by atoms with Crippen LogP contribution < -0.4 is 5.32 Å². The van der Waals surface area contributed by atoms with Gasteiger partial charge in [-0.2, -0.15) is 0 Å². The summed E-state index contributed by atoms with van der Waals surface area (Å²) in [5.74, 6) is -1.18. The van der Waals surface area contributed by atoms with Gasteiger partial charge in [-0.25, -0.2) is 4.79 Å². The molecule has 1 saturated heterocycles. The fourth-order valence-electron chi connectivity index (χ4n) is 6.27. The van der Waals surface area contributed by atoms with E-state index in [1.54, 1.807) is 11.0 Å². The van der Waals surface area contributed by atoms with Crippen LogP contribution in [0.3, 0.4) is 0 Å². The molecule has 1 aliphatic heterocycles. The predicted molar refractivity (Wildman–Crippen MR) is 131 cm³/mol. The summed E-state index contributed by atoms with van der Waals surface area (Å²) in [6.45, 7) is 4.27. The number of carbonyl (C=O) groups excluding carboxylic acids is 2. The minimum absolute atomic E-state index is 0.0741. The number of hydrogen-bond donors (Lipinski definition) is 2. The molecule has 7 nitrogen and oxygen atoms in total. The zero-order chi connectivity index (χ0) is 24.6. The molecule has 7 heteroatoms. The van der Waals surface area contributed by atoms with Gasteiger partial charge in [-0.3, -0.25) is 9.59 Å². The van der Waals surface area contributed by atoms with Crippen LogP contribution >= 0.6 is 0 Å². The van der Waals surface area contributed by atoms with Gasteiger partial charge < -0.3 is 20.1 Å². The molecule has 2 aromatic rings. The van der Waals surface area contributed by atoms with Crippen molar-refractivity contribution in [2.24, 2.45) is 5.41 Å². The van der Waals surface area contributed by atoms with Crippen molar-refractivity contribution in [3.05, 3.63) is 72.3 Å². The Kier molecular flexibility index (Phi) is 6.09. The smallest absolute Gasteiger partial charge is 0.407 e. The molecule has 2 aliphatic carbocycles. The lowest BCUT2D eigenvalue weighted by atomic mass is 9.82. The van der Waals surface area contributed by atoms with Crippen LogP contribution in [0.4, 0.5) is 4.79 Å². The Bertz CT molecular complexity index is 1130. The minimum Gasteiger partial charge on any atom is -0.481 e. The molecule has 3 unspecified atom stereocenters. The van der Waals surface area contributed by atoms with E-state index < -0.39 is 23.5 Å². The van der Waals surface area contributed by atoms with Gasteiger partial charge >= 0.3 is 12.1 Å². The van der Waals surface area contributed by atoms with E-state index >= 15 is 0 Å². The molecule has 2 fully saturated rings. The molecule has 182 valence electrons. The van der Waals surface area contributed by atoms with E-state index in [4.69, 9.17) is 4.74 Å². The van der Waals surface area contributed by atoms with Crippen LogP contribution in [0.2, 0.25) is 0 Å². The van der Waals surface area contributed by atoms with Crippen molar-refractivity contribution in [1.29, 1.82) is 0 Å². The van der Waals surface area contributed by atoms with Gasteiger partial charge in [0.1, 0.15) is 12.6 Å². The SMILES string of the molecule is C=CCC(NC(=O)OCC1c2ccccc2-c2ccccc21)C(=O)N1CCC2(C(=O)O)CCCC12. The average molecular weight is 475 g/mol. The standard InChI is InChI=1S/C28H30N2O5/c1-2-8-23(25(31)30-16-15-28(26(32)33)14-7-13-24(28)30)29-27(34)35-17-22-20-11-5-3-9-18(20)19-10-4-6-12-21(19)22/h2-6,9-12,22-24H,1,7-8,13-17H2,(H,29,34)(H,32,33). The minimum atomic E-state index is -0.863. The van der Waals surface area contributed by atoms with Gasteiger partial charge in [-0.1, -0.05) is 61.0 Å². The number of carboxylic acid groups (broad SMARTS) is 1. The molecule has 2 N–H and O–H groups in total. The van der Waals surface area contributed by atoms with E-state index in [-0.39, 0.29) is 30.9 Å². The molecular formula is C28H30N2O5. The van der Waals surface area contributed by atoms with E-state index in [0.29, 0.717) is 25.8 Å². The monoisotopic (exact) mass is 474 g/mol. The van der Waals surface area contributed by atoms with Crippen molar-refractivity contribution in [3.8, 4) is 11.1 Å². The topological polar surface area (TPSA) is 95.9 Å². The van der Waals surface area contributed by atoms with Crippen LogP contribution in [-0.2, 0) is 14.3 Å². The number of amides is 2. The molecule has 0 spiro atoms. The summed E-state index contributed by atoms with van der Waals surface area (Å²) in [4.78, 5) is 39.8. The fraction of sp³-hybridized carbons (Fsp3) is 0.393. The molecule has 5 rings (SSSR count). The van der Waals surface area contributed by atoms with Crippen molar-refractivity contribution in [1.82, 2.24) is 10.2 Å². The summed E-state index contributed by atoms with van der Waals surface area (Å²) in [5.41, 5.74) is 3.65. The first-order valence-electron chi connectivity index (χ1n) is 12.2. The highest BCUT2D eigenvalue weighted by Crippen LogP contribution is 2.49. The lowest BCUT2D eigenvalue weighted by Crippen LogP contribution is -2.52. The maximum absolute atomic E-state index is 13.4. The van der Waals surface area contributed by atoms with Crippen LogP contribution in [0.25, 0.3) is 11.1 Å². The first-order chi connectivity index (χ1) is 17.0. The van der Waals surface area contributed by atoms with Crippen LogP contribution in [0, 0.1) is 5.41 Å². The average Bonchev–Trinajstić information content (AvgIpc) is 3.53. The molecule has 0 aromatic heterocycles. The number of likely N-dealkylation sites (tertiary alicyclic amines) is 1. The Morgan fingerprint density at radius 2 is 1.77 bits per heavy atom. The first-order valence-corrected chi connectivity index (χ1v) is 12.2. The Hall–Kier alpha value is -3.61. The zero-order valence-corrected chi connectivity index (χ0v) is 19.6. The number of nitrogens with one attached hydrogen (secondary N) is 1. The molecule has 0 radical (unpaired) electrons. The number of nitrogens with zero attached hydrogens (tertiary/aromatic N) is 1. The summed E-state index contributed by atoms with van der Waals surface area (Å²) in [7, 11) is 0. The maximum atomic E-state index is 13.4. The van der Waals surface area contributed by atoms with Crippen LogP contribution in [0.15, 0.2) is 61.2 Å². The lowest BCUT2D eigenvalue weighted by Gasteiger charge is -2.31. The van der Waals surface area contributed by atoms with Gasteiger partial charge in [0.05, 0.1) is 5.41 Å². The van der Waals surface area contributed by atoms with Crippen molar-refractivity contribution < 1.29 is 24.2 Å². The van der Waals surface area contributed by atoms with E-state index in [1.807, 2.05) is 24.3 Å². The van der Waals surface area contributed by atoms with Crippen LogP contribution in [0.5, 0.6) is 0 Å². The molecule has 1 saturated carbocycles. The molecular weight excluding hydrogens is 444 g/mol. The van der Waals surface area contributed by atoms with E-state index in [1.165, 1.54) is 0 Å². The van der Waals surface area contributed by atoms with Gasteiger partial charge in [0.2, 0.25) is 5.91 Å². The van der Waals surface area contributed by atoms with Crippen molar-refractivity contribution in [2.75, 3.05) is 13.2 Å². The Morgan fingerprint density at radius 1 is 1.11 bits per heavy atom. The highest BCUT2D eigenvalue weighted by atomic mass is 16.5. The quantitative estimate of drug-likeness (QED) is 0.583. The summed E-state index contributed by atoms with van der Waals surface area (Å²) in [6.07, 6.45) is 3.65. The third kappa shape index (κ3) is 3.89. The molecule has 2 amide bonds. The second-order valence-electron chi connectivity index (χ2n) is 9.70. The number of aliphatic carboxylic acids is 1. The number of carbonyl (C=O) groups is 3. The number of carboxylic acids is 1. The van der Waals surface area contributed by atoms with Crippen molar-refractivity contribution in [3.63, 3.8) is 0 Å². The van der Waals surface area contributed by atoms with Gasteiger partial charge in [0.25, 0.3) is 0 Å². The molecule has 35 heavy (non-hydrogen) atoms. The number of rotatable bonds is 7. The normalized spacial score (nSPS) is 23.2. The summed E-state index contributed by atoms with van der Waals surface area (Å²) in [6, 6.07) is 15.0. The Balaban J connectivity index is 1.26. The first kappa shape index (κ1) is 23.1. The number of alkyl carbamates (subject to hydrolysis) is 1. The predicted octanol–water partition coefficient (Wildman–Crippen LogP) is 4.33. The molecule has 1 heterocycles. The third-order valence-electron chi connectivity index (χ3n) is 7.96. The molecule has 3 aliphatic rings. The lowest BCUT2D eigenvalue weighted by molar-refractivity contribution is -0.150. The highest BCUT2D eigenvalue weighted by molar-refractivity contribution is 5.88. The van der Waals surface area contributed by atoms with Gasteiger partial charge in [0.15, 0.2) is 0 Å². The van der Waals surface area contributed by atoms with E-state index in [9.17, 15) is 19.5 Å². The Labute approximate surface area is 204 Å². The molecule has 0 bridgehead atoms. The molecule has 2 aromatic carbocycles. The van der Waals surface area contributed by atoms with E-state index in [0.717, 1.165) is 28.7 Å². The number of ether oxygens (including phenoxy) is 1. The van der Waals surface area contributed by atoms with Crippen molar-refractivity contribution in [2.45, 2.75) is 50.1 Å². The maximum Gasteiger partial charge on any atom is 0.407 e. The highest BCUT2D eigenvalue weighted by Gasteiger charge is 2.57. The van der Waals surface area contributed by atoms with Gasteiger partial charge in [-0.05, 0) is 47.9 Å². The summed E-state index contributed by atoms with van der Waals surface area (Å²) >= 11 is 0. The third-order valence-corrected chi connectivity index (χ3v) is 7.96. The number of fused-ring (bicyclic) bond motifs is 4. The second kappa shape index (κ2) is 9.21. The fourth-order valence-corrected chi connectivity index (χ4v) is 6.27. The largest absolute Gasteiger partial charge is 0.481 e. The zero-order valence-electron chi connectivity index (χ0n) is 19.6. The van der Waals surface area contributed by atoms with Gasteiger partial charge in [-0.15, -0.1) is 6.58 Å². The van der Waals surface area contributed by atoms with E-state index in [2.05, 4.69) is 36.2 Å². The van der Waals surface area contributed by atoms with Crippen molar-refractivity contribution >= 4 is 18.0 Å². The second-order valence-corrected chi connectivity index (χ2v) is 9.70. The molecule has 3 atom stereocenters.